The monoisotopic (exact) mass is 406 g/mol. The van der Waals surface area contributed by atoms with Gasteiger partial charge in [0.05, 0.1) is 7.11 Å². The number of carbonyl (C=O) groups excluding carboxylic acids is 2. The van der Waals surface area contributed by atoms with Crippen LogP contribution in [0.5, 0.6) is 0 Å². The highest BCUT2D eigenvalue weighted by atomic mass is 32.2. The van der Waals surface area contributed by atoms with Gasteiger partial charge in [0.2, 0.25) is 5.91 Å². The van der Waals surface area contributed by atoms with Crippen LogP contribution in [0.1, 0.15) is 21.2 Å². The molecule has 3 rings (SSSR count). The first kappa shape index (κ1) is 20.6. The van der Waals surface area contributed by atoms with Gasteiger partial charge in [0.15, 0.2) is 0 Å². The predicted octanol–water partition coefficient (Wildman–Crippen LogP) is 4.79. The molecule has 1 N–H and O–H groups in total. The molecule has 1 atom stereocenters. The summed E-state index contributed by atoms with van der Waals surface area (Å²) >= 11 is 1.49. The van der Waals surface area contributed by atoms with Crippen LogP contribution in [0.25, 0.3) is 0 Å². The lowest BCUT2D eigenvalue weighted by atomic mass is 10.1. The molecular formula is C23H22N2O3S. The molecule has 0 aliphatic carbocycles. The van der Waals surface area contributed by atoms with Crippen LogP contribution in [0.15, 0.2) is 89.8 Å². The van der Waals surface area contributed by atoms with E-state index in [2.05, 4.69) is 5.32 Å². The van der Waals surface area contributed by atoms with Crippen LogP contribution in [-0.2, 0) is 9.63 Å². The summed E-state index contributed by atoms with van der Waals surface area (Å²) in [5.74, 6) is -0.384. The molecule has 5 nitrogen and oxygen atoms in total. The Morgan fingerprint density at radius 2 is 1.48 bits per heavy atom. The van der Waals surface area contributed by atoms with E-state index in [9.17, 15) is 9.59 Å². The van der Waals surface area contributed by atoms with Gasteiger partial charge in [-0.05, 0) is 42.0 Å². The first-order valence-electron chi connectivity index (χ1n) is 9.08. The lowest BCUT2D eigenvalue weighted by molar-refractivity contribution is -0.115. The Kier molecular flexibility index (Phi) is 7.05. The molecule has 2 amide bonds. The number of hydrogen-bond donors (Lipinski definition) is 1. The van der Waals surface area contributed by atoms with Crippen molar-refractivity contribution in [2.24, 2.45) is 0 Å². The van der Waals surface area contributed by atoms with Crippen LogP contribution in [0, 0.1) is 0 Å². The third kappa shape index (κ3) is 5.47. The first-order valence-corrected chi connectivity index (χ1v) is 9.96. The molecule has 0 aliphatic heterocycles. The number of hydroxylamine groups is 2. The van der Waals surface area contributed by atoms with Gasteiger partial charge in [-0.2, -0.15) is 0 Å². The van der Waals surface area contributed by atoms with E-state index in [1.165, 1.54) is 18.9 Å². The number of anilines is 1. The second-order valence-electron chi connectivity index (χ2n) is 6.27. The fraction of sp³-hybridized carbons (Fsp3) is 0.130. The highest BCUT2D eigenvalue weighted by Gasteiger charge is 2.22. The van der Waals surface area contributed by atoms with Crippen LogP contribution in [0.4, 0.5) is 5.69 Å². The Hall–Kier alpha value is -3.09. The molecule has 1 unspecified atom stereocenters. The van der Waals surface area contributed by atoms with Gasteiger partial charge >= 0.3 is 0 Å². The summed E-state index contributed by atoms with van der Waals surface area (Å²) in [6.45, 7) is 0. The minimum Gasteiger partial charge on any atom is -0.325 e. The summed E-state index contributed by atoms with van der Waals surface area (Å²) in [5.41, 5.74) is 2.03. The van der Waals surface area contributed by atoms with Gasteiger partial charge in [0.1, 0.15) is 5.25 Å². The highest BCUT2D eigenvalue weighted by Crippen LogP contribution is 2.36. The summed E-state index contributed by atoms with van der Waals surface area (Å²) < 4.78 is 0. The van der Waals surface area contributed by atoms with E-state index < -0.39 is 5.25 Å². The zero-order valence-corrected chi connectivity index (χ0v) is 17.1. The molecule has 0 saturated carbocycles. The summed E-state index contributed by atoms with van der Waals surface area (Å²) in [4.78, 5) is 31.1. The Morgan fingerprint density at radius 1 is 0.897 bits per heavy atom. The minimum absolute atomic E-state index is 0.127. The molecule has 29 heavy (non-hydrogen) atoms. The standard InChI is InChI=1S/C23H22N2O3S/c1-25(28-2)23(27)18-13-15-19(16-14-18)24-22(26)21(17-9-5-3-6-10-17)29-20-11-7-4-8-12-20/h3-16,21H,1-2H3,(H,24,26). The number of carbonyl (C=O) groups is 2. The van der Waals surface area contributed by atoms with Crippen molar-refractivity contribution in [3.63, 3.8) is 0 Å². The van der Waals surface area contributed by atoms with Crippen molar-refractivity contribution in [1.29, 1.82) is 0 Å². The van der Waals surface area contributed by atoms with E-state index in [-0.39, 0.29) is 11.8 Å². The number of thioether (sulfide) groups is 1. The van der Waals surface area contributed by atoms with Crippen LogP contribution in [-0.4, -0.2) is 31.0 Å². The maximum Gasteiger partial charge on any atom is 0.277 e. The number of rotatable bonds is 7. The third-order valence-electron chi connectivity index (χ3n) is 4.30. The molecule has 0 heterocycles. The van der Waals surface area contributed by atoms with E-state index >= 15 is 0 Å². The van der Waals surface area contributed by atoms with Gasteiger partial charge in [0.25, 0.3) is 5.91 Å². The van der Waals surface area contributed by atoms with Crippen LogP contribution >= 0.6 is 11.8 Å². The van der Waals surface area contributed by atoms with Gasteiger partial charge in [-0.3, -0.25) is 14.4 Å². The van der Waals surface area contributed by atoms with Crippen molar-refractivity contribution >= 4 is 29.3 Å². The van der Waals surface area contributed by atoms with Crippen LogP contribution in [0.3, 0.4) is 0 Å². The van der Waals surface area contributed by atoms with E-state index in [4.69, 9.17) is 4.84 Å². The first-order chi connectivity index (χ1) is 14.1. The Morgan fingerprint density at radius 3 is 2.07 bits per heavy atom. The molecule has 0 aliphatic rings. The molecule has 0 radical (unpaired) electrons. The number of nitrogens with one attached hydrogen (secondary N) is 1. The van der Waals surface area contributed by atoms with E-state index in [0.29, 0.717) is 11.3 Å². The lowest BCUT2D eigenvalue weighted by Crippen LogP contribution is -2.25. The zero-order chi connectivity index (χ0) is 20.6. The van der Waals surface area contributed by atoms with Crippen molar-refractivity contribution in [2.75, 3.05) is 19.5 Å². The van der Waals surface area contributed by atoms with Crippen molar-refractivity contribution in [3.05, 3.63) is 96.1 Å². The minimum atomic E-state index is -0.403. The molecular weight excluding hydrogens is 384 g/mol. The zero-order valence-electron chi connectivity index (χ0n) is 16.2. The number of amides is 2. The SMILES string of the molecule is CON(C)C(=O)c1ccc(NC(=O)C(Sc2ccccc2)c2ccccc2)cc1. The normalized spacial score (nSPS) is 11.5. The average Bonchev–Trinajstić information content (AvgIpc) is 2.78. The number of benzene rings is 3. The maximum atomic E-state index is 13.1. The Bertz CT molecular complexity index is 947. The molecule has 0 spiro atoms. The summed E-state index contributed by atoms with van der Waals surface area (Å²) in [5, 5.41) is 3.70. The van der Waals surface area contributed by atoms with E-state index in [1.54, 1.807) is 31.3 Å². The Balaban J connectivity index is 1.77. The second kappa shape index (κ2) is 9.91. The van der Waals surface area contributed by atoms with Crippen LogP contribution < -0.4 is 5.32 Å². The van der Waals surface area contributed by atoms with Crippen LogP contribution in [0.2, 0.25) is 0 Å². The van der Waals surface area contributed by atoms with Gasteiger partial charge in [0, 0.05) is 23.2 Å². The maximum absolute atomic E-state index is 13.1. The summed E-state index contributed by atoms with van der Waals surface area (Å²) in [6.07, 6.45) is 0. The molecule has 6 heteroatoms. The second-order valence-corrected chi connectivity index (χ2v) is 7.45. The largest absolute Gasteiger partial charge is 0.325 e. The van der Waals surface area contributed by atoms with E-state index in [0.717, 1.165) is 15.5 Å². The molecule has 148 valence electrons. The van der Waals surface area contributed by atoms with Gasteiger partial charge in [-0.1, -0.05) is 48.5 Å². The Labute approximate surface area is 174 Å². The molecule has 0 bridgehead atoms. The third-order valence-corrected chi connectivity index (χ3v) is 5.56. The quantitative estimate of drug-likeness (QED) is 0.453. The van der Waals surface area contributed by atoms with Gasteiger partial charge in [-0.25, -0.2) is 5.06 Å². The summed E-state index contributed by atoms with van der Waals surface area (Å²) in [6, 6.07) is 26.3. The average molecular weight is 407 g/mol. The van der Waals surface area contributed by atoms with E-state index in [1.807, 2.05) is 60.7 Å². The van der Waals surface area contributed by atoms with Crippen molar-refractivity contribution < 1.29 is 14.4 Å². The number of hydrogen-bond acceptors (Lipinski definition) is 4. The summed E-state index contributed by atoms with van der Waals surface area (Å²) in [7, 11) is 2.98. The fourth-order valence-corrected chi connectivity index (χ4v) is 3.75. The molecule has 0 saturated heterocycles. The molecule has 0 aromatic heterocycles. The fourth-order valence-electron chi connectivity index (χ4n) is 2.70. The van der Waals surface area contributed by atoms with Crippen molar-refractivity contribution in [1.82, 2.24) is 5.06 Å². The lowest BCUT2D eigenvalue weighted by Gasteiger charge is -2.17. The van der Waals surface area contributed by atoms with Gasteiger partial charge in [-0.15, -0.1) is 11.8 Å². The smallest absolute Gasteiger partial charge is 0.277 e. The van der Waals surface area contributed by atoms with Crippen molar-refractivity contribution in [2.45, 2.75) is 10.1 Å². The molecule has 0 fully saturated rings. The highest BCUT2D eigenvalue weighted by molar-refractivity contribution is 8.00. The predicted molar refractivity (Wildman–Crippen MR) is 116 cm³/mol. The number of nitrogens with zero attached hydrogens (tertiary/aromatic N) is 1. The topological polar surface area (TPSA) is 58.6 Å². The molecule has 3 aromatic rings. The van der Waals surface area contributed by atoms with Crippen molar-refractivity contribution in [3.8, 4) is 0 Å². The van der Waals surface area contributed by atoms with Gasteiger partial charge < -0.3 is 5.32 Å². The molecule has 3 aromatic carbocycles.